The van der Waals surface area contributed by atoms with E-state index in [1.165, 1.54) is 18.2 Å². The molecule has 1 fully saturated rings. The summed E-state index contributed by atoms with van der Waals surface area (Å²) in [5.74, 6) is 0.00448. The molecule has 1 atom stereocenters. The zero-order valence-electron chi connectivity index (χ0n) is 25.8. The van der Waals surface area contributed by atoms with Crippen LogP contribution in [-0.2, 0) is 4.79 Å². The van der Waals surface area contributed by atoms with E-state index in [1.54, 1.807) is 30.6 Å². The van der Waals surface area contributed by atoms with Gasteiger partial charge in [-0.3, -0.25) is 14.7 Å². The normalized spacial score (nSPS) is 14.6. The van der Waals surface area contributed by atoms with E-state index in [-0.39, 0.29) is 18.1 Å². The predicted molar refractivity (Wildman–Crippen MR) is 168 cm³/mol. The number of aliphatic imine (C=N–C) groups is 1. The summed E-state index contributed by atoms with van der Waals surface area (Å²) in [6.07, 6.45) is 7.42. The van der Waals surface area contributed by atoms with Gasteiger partial charge in [-0.25, -0.2) is 14.4 Å². The number of carboxylic acids is 1. The first-order valence-electron chi connectivity index (χ1n) is 15.0. The van der Waals surface area contributed by atoms with Gasteiger partial charge in [0.05, 0.1) is 12.2 Å². The Morgan fingerprint density at radius 3 is 2.27 bits per heavy atom. The minimum atomic E-state index is -2.73. The van der Waals surface area contributed by atoms with Crippen molar-refractivity contribution in [3.8, 4) is 16.9 Å². The molecule has 0 bridgehead atoms. The molecule has 0 saturated carbocycles. The number of aryl methyl sites for hydroxylation is 1. The van der Waals surface area contributed by atoms with E-state index in [0.29, 0.717) is 54.9 Å². The molecule has 0 aliphatic carbocycles. The standard InChI is InChI=1S/C26H36FN5O2.C7H6F2O/c1-5-7-18(3)23(8-6-2)30-24-14-22(27)21(13-19(24)4)20-15-28-26(29-16-20)32-11-9-31(10-12-32)17-25(33)34;8-7(9)10-6-4-2-1-3-5-6/h13-16,18H,5-12,17H2,1-4H3,(H,33,34);1-5,7H. The molecule has 4 rings (SSSR count). The number of ether oxygens (including phenoxy) is 1. The van der Waals surface area contributed by atoms with E-state index in [9.17, 15) is 13.6 Å². The maximum Gasteiger partial charge on any atom is 0.387 e. The number of nitrogens with zero attached hydrogens (tertiary/aromatic N) is 5. The molecular formula is C33H42F3N5O3. The summed E-state index contributed by atoms with van der Waals surface area (Å²) in [5.41, 5.74) is 3.83. The van der Waals surface area contributed by atoms with Gasteiger partial charge in [0.15, 0.2) is 0 Å². The first-order valence-corrected chi connectivity index (χ1v) is 15.0. The molecule has 8 nitrogen and oxygen atoms in total. The van der Waals surface area contributed by atoms with Crippen molar-refractivity contribution < 1.29 is 27.8 Å². The fourth-order valence-corrected chi connectivity index (χ4v) is 4.96. The second-order valence-electron chi connectivity index (χ2n) is 10.8. The molecule has 2 heterocycles. The van der Waals surface area contributed by atoms with Gasteiger partial charge in [-0.1, -0.05) is 51.8 Å². The van der Waals surface area contributed by atoms with Gasteiger partial charge < -0.3 is 14.7 Å². The molecule has 44 heavy (non-hydrogen) atoms. The Kier molecular flexibility index (Phi) is 13.6. The van der Waals surface area contributed by atoms with Crippen molar-refractivity contribution in [2.75, 3.05) is 37.6 Å². The third kappa shape index (κ3) is 10.6. The number of carboxylic acid groups (broad SMARTS) is 1. The number of carbonyl (C=O) groups is 1. The van der Waals surface area contributed by atoms with E-state index < -0.39 is 12.6 Å². The molecule has 0 amide bonds. The molecule has 1 aromatic heterocycles. The minimum Gasteiger partial charge on any atom is -0.480 e. The highest BCUT2D eigenvalue weighted by atomic mass is 19.3. The lowest BCUT2D eigenvalue weighted by Gasteiger charge is -2.33. The van der Waals surface area contributed by atoms with Crippen molar-refractivity contribution in [1.29, 1.82) is 0 Å². The molecule has 0 spiro atoms. The van der Waals surface area contributed by atoms with Crippen LogP contribution < -0.4 is 9.64 Å². The fraction of sp³-hybridized carbons (Fsp3) is 0.455. The van der Waals surface area contributed by atoms with Crippen LogP contribution in [0.5, 0.6) is 5.75 Å². The molecule has 1 unspecified atom stereocenters. The van der Waals surface area contributed by atoms with Gasteiger partial charge in [-0.15, -0.1) is 0 Å². The van der Waals surface area contributed by atoms with Crippen LogP contribution >= 0.6 is 0 Å². The van der Waals surface area contributed by atoms with Crippen LogP contribution in [0.3, 0.4) is 0 Å². The van der Waals surface area contributed by atoms with Crippen molar-refractivity contribution in [2.24, 2.45) is 10.9 Å². The van der Waals surface area contributed by atoms with E-state index in [1.807, 2.05) is 22.8 Å². The Balaban J connectivity index is 0.000000448. The number of anilines is 1. The number of halogens is 3. The fourth-order valence-electron chi connectivity index (χ4n) is 4.96. The summed E-state index contributed by atoms with van der Waals surface area (Å²) in [7, 11) is 0. The Morgan fingerprint density at radius 2 is 1.70 bits per heavy atom. The van der Waals surface area contributed by atoms with Crippen molar-refractivity contribution >= 4 is 23.3 Å². The van der Waals surface area contributed by atoms with E-state index in [0.717, 1.165) is 37.0 Å². The van der Waals surface area contributed by atoms with Crippen molar-refractivity contribution in [1.82, 2.24) is 14.9 Å². The second-order valence-corrected chi connectivity index (χ2v) is 10.8. The average molecular weight is 614 g/mol. The summed E-state index contributed by atoms with van der Waals surface area (Å²) in [6, 6.07) is 11.3. The summed E-state index contributed by atoms with van der Waals surface area (Å²) < 4.78 is 42.2. The van der Waals surface area contributed by atoms with Crippen LogP contribution in [0.2, 0.25) is 0 Å². The first-order chi connectivity index (χ1) is 21.1. The largest absolute Gasteiger partial charge is 0.480 e. The zero-order chi connectivity index (χ0) is 32.1. The zero-order valence-corrected chi connectivity index (χ0v) is 25.8. The molecule has 3 aromatic rings. The summed E-state index contributed by atoms with van der Waals surface area (Å²) >= 11 is 0. The van der Waals surface area contributed by atoms with E-state index >= 15 is 4.39 Å². The lowest BCUT2D eigenvalue weighted by atomic mass is 9.96. The van der Waals surface area contributed by atoms with Gasteiger partial charge >= 0.3 is 12.6 Å². The molecule has 2 aromatic carbocycles. The number of benzene rings is 2. The van der Waals surface area contributed by atoms with Crippen molar-refractivity contribution in [2.45, 2.75) is 60.0 Å². The number of aliphatic carboxylic acids is 1. The van der Waals surface area contributed by atoms with Crippen LogP contribution in [0.15, 0.2) is 59.9 Å². The molecule has 1 saturated heterocycles. The van der Waals surface area contributed by atoms with Gasteiger partial charge in [0.2, 0.25) is 5.95 Å². The third-order valence-electron chi connectivity index (χ3n) is 7.28. The monoisotopic (exact) mass is 613 g/mol. The van der Waals surface area contributed by atoms with E-state index in [2.05, 4.69) is 35.5 Å². The summed E-state index contributed by atoms with van der Waals surface area (Å²) in [4.78, 5) is 28.6. The van der Waals surface area contributed by atoms with Crippen LogP contribution in [0.1, 0.15) is 52.0 Å². The highest BCUT2D eigenvalue weighted by Crippen LogP contribution is 2.31. The van der Waals surface area contributed by atoms with Crippen molar-refractivity contribution in [3.63, 3.8) is 0 Å². The van der Waals surface area contributed by atoms with Gasteiger partial charge in [0.1, 0.15) is 11.6 Å². The first kappa shape index (κ1) is 34.5. The highest BCUT2D eigenvalue weighted by Gasteiger charge is 2.21. The van der Waals surface area contributed by atoms with Crippen LogP contribution in [0.25, 0.3) is 11.1 Å². The molecule has 1 N–H and O–H groups in total. The average Bonchev–Trinajstić information content (AvgIpc) is 2.99. The number of aromatic nitrogens is 2. The van der Waals surface area contributed by atoms with Crippen LogP contribution in [-0.4, -0.2) is 71.0 Å². The van der Waals surface area contributed by atoms with Gasteiger partial charge in [0, 0.05) is 61.5 Å². The highest BCUT2D eigenvalue weighted by molar-refractivity contribution is 5.89. The number of piperazine rings is 1. The molecular weight excluding hydrogens is 571 g/mol. The quantitative estimate of drug-likeness (QED) is 0.213. The lowest BCUT2D eigenvalue weighted by Crippen LogP contribution is -2.48. The van der Waals surface area contributed by atoms with Crippen LogP contribution in [0, 0.1) is 18.7 Å². The Hall–Kier alpha value is -3.99. The molecule has 0 radical (unpaired) electrons. The van der Waals surface area contributed by atoms with Gasteiger partial charge in [0.25, 0.3) is 0 Å². The Morgan fingerprint density at radius 1 is 1.05 bits per heavy atom. The number of hydrogen-bond acceptors (Lipinski definition) is 7. The number of para-hydroxylation sites is 1. The molecule has 1 aliphatic heterocycles. The summed E-state index contributed by atoms with van der Waals surface area (Å²) in [5, 5.41) is 8.94. The minimum absolute atomic E-state index is 0.0454. The third-order valence-corrected chi connectivity index (χ3v) is 7.28. The molecule has 11 heteroatoms. The number of alkyl halides is 2. The molecule has 238 valence electrons. The van der Waals surface area contributed by atoms with Crippen molar-refractivity contribution in [3.05, 3.63) is 66.2 Å². The Labute approximate surface area is 257 Å². The smallest absolute Gasteiger partial charge is 0.387 e. The summed E-state index contributed by atoms with van der Waals surface area (Å²) in [6.45, 7) is 8.38. The Bertz CT molecular complexity index is 1350. The molecule has 1 aliphatic rings. The topological polar surface area (TPSA) is 91.2 Å². The number of rotatable bonds is 12. The lowest BCUT2D eigenvalue weighted by molar-refractivity contribution is -0.138. The van der Waals surface area contributed by atoms with E-state index in [4.69, 9.17) is 10.1 Å². The SMILES string of the molecule is CCCC(=Nc1cc(F)c(-c2cnc(N3CCN(CC(=O)O)CC3)nc2)cc1C)C(C)CCC.FC(F)Oc1ccccc1. The maximum atomic E-state index is 15.1. The maximum absolute atomic E-state index is 15.1. The predicted octanol–water partition coefficient (Wildman–Crippen LogP) is 7.39. The van der Waals surface area contributed by atoms with Crippen LogP contribution in [0.4, 0.5) is 24.8 Å². The van der Waals surface area contributed by atoms with Gasteiger partial charge in [-0.2, -0.15) is 8.78 Å². The number of hydrogen-bond donors (Lipinski definition) is 1. The van der Waals surface area contributed by atoms with Gasteiger partial charge in [-0.05, 0) is 49.4 Å². The second kappa shape index (κ2) is 17.3.